The van der Waals surface area contributed by atoms with Crippen molar-refractivity contribution in [2.75, 3.05) is 39.3 Å². The second-order valence-corrected chi connectivity index (χ2v) is 5.07. The third kappa shape index (κ3) is 2.04. The van der Waals surface area contributed by atoms with Crippen molar-refractivity contribution in [2.24, 2.45) is 0 Å². The number of carbonyl (C=O) groups excluding carboxylic acids is 1. The number of furan rings is 1. The first-order chi connectivity index (χ1) is 8.75. The van der Waals surface area contributed by atoms with Gasteiger partial charge in [0.15, 0.2) is 5.76 Å². The second kappa shape index (κ2) is 4.74. The molecule has 5 heteroatoms. The van der Waals surface area contributed by atoms with Gasteiger partial charge in [0.2, 0.25) is 0 Å². The lowest BCUT2D eigenvalue weighted by Gasteiger charge is -2.43. The Morgan fingerprint density at radius 3 is 2.56 bits per heavy atom. The summed E-state index contributed by atoms with van der Waals surface area (Å²) in [7, 11) is 0. The molecule has 0 saturated carbocycles. The molecule has 2 saturated heterocycles. The summed E-state index contributed by atoms with van der Waals surface area (Å²) in [4.78, 5) is 16.6. The van der Waals surface area contributed by atoms with Crippen molar-refractivity contribution in [3.63, 3.8) is 0 Å². The van der Waals surface area contributed by atoms with Gasteiger partial charge in [0, 0.05) is 50.9 Å². The van der Waals surface area contributed by atoms with Crippen LogP contribution >= 0.6 is 0 Å². The zero-order chi connectivity index (χ0) is 12.5. The molecule has 1 aromatic rings. The van der Waals surface area contributed by atoms with E-state index in [4.69, 9.17) is 4.42 Å². The molecule has 0 bridgehead atoms. The zero-order valence-electron chi connectivity index (χ0n) is 10.7. The maximum Gasteiger partial charge on any atom is 0.289 e. The van der Waals surface area contributed by atoms with Crippen LogP contribution in [-0.2, 0) is 0 Å². The summed E-state index contributed by atoms with van der Waals surface area (Å²) in [6.07, 6.45) is 1.58. The van der Waals surface area contributed by atoms with Crippen molar-refractivity contribution in [1.29, 1.82) is 0 Å². The van der Waals surface area contributed by atoms with E-state index in [2.05, 4.69) is 10.2 Å². The fraction of sp³-hybridized carbons (Fsp3) is 0.615. The molecule has 18 heavy (non-hydrogen) atoms. The van der Waals surface area contributed by atoms with Gasteiger partial charge in [-0.15, -0.1) is 0 Å². The average molecular weight is 249 g/mol. The van der Waals surface area contributed by atoms with E-state index >= 15 is 0 Å². The van der Waals surface area contributed by atoms with Gasteiger partial charge in [-0.25, -0.2) is 0 Å². The van der Waals surface area contributed by atoms with Gasteiger partial charge in [0.05, 0.1) is 6.26 Å². The van der Waals surface area contributed by atoms with E-state index in [-0.39, 0.29) is 5.91 Å². The number of hydrogen-bond acceptors (Lipinski definition) is 4. The van der Waals surface area contributed by atoms with Gasteiger partial charge in [0.1, 0.15) is 0 Å². The minimum Gasteiger partial charge on any atom is -0.459 e. The molecule has 2 fully saturated rings. The Morgan fingerprint density at radius 2 is 2.06 bits per heavy atom. The third-order valence-corrected chi connectivity index (χ3v) is 3.93. The number of hydrogen-bond donors (Lipinski definition) is 1. The van der Waals surface area contributed by atoms with Crippen LogP contribution in [0.3, 0.4) is 0 Å². The maximum atomic E-state index is 12.2. The van der Waals surface area contributed by atoms with Gasteiger partial charge in [-0.2, -0.15) is 0 Å². The molecule has 1 amide bonds. The van der Waals surface area contributed by atoms with E-state index in [1.165, 1.54) is 0 Å². The van der Waals surface area contributed by atoms with Crippen LogP contribution in [0.15, 0.2) is 16.7 Å². The first-order valence-electron chi connectivity index (χ1n) is 6.54. The molecule has 3 heterocycles. The van der Waals surface area contributed by atoms with Crippen LogP contribution in [0.1, 0.15) is 16.1 Å². The highest BCUT2D eigenvalue weighted by Gasteiger charge is 2.30. The minimum atomic E-state index is 0.0314. The summed E-state index contributed by atoms with van der Waals surface area (Å²) in [5, 5.41) is 3.29. The van der Waals surface area contributed by atoms with Crippen molar-refractivity contribution in [2.45, 2.75) is 13.0 Å². The van der Waals surface area contributed by atoms with Gasteiger partial charge in [-0.3, -0.25) is 9.69 Å². The van der Waals surface area contributed by atoms with Crippen molar-refractivity contribution < 1.29 is 9.21 Å². The summed E-state index contributed by atoms with van der Waals surface area (Å²) >= 11 is 0. The minimum absolute atomic E-state index is 0.0314. The molecule has 5 nitrogen and oxygen atoms in total. The van der Waals surface area contributed by atoms with E-state index in [1.807, 2.05) is 17.9 Å². The third-order valence-electron chi connectivity index (χ3n) is 3.93. The first-order valence-corrected chi connectivity index (χ1v) is 6.54. The molecular formula is C13H19N3O2. The topological polar surface area (TPSA) is 48.7 Å². The Labute approximate surface area is 107 Å². The van der Waals surface area contributed by atoms with E-state index in [0.717, 1.165) is 44.8 Å². The lowest BCUT2D eigenvalue weighted by molar-refractivity contribution is 0.0476. The van der Waals surface area contributed by atoms with Gasteiger partial charge < -0.3 is 14.6 Å². The monoisotopic (exact) mass is 249 g/mol. The molecule has 1 aromatic heterocycles. The second-order valence-electron chi connectivity index (χ2n) is 5.07. The Bertz CT molecular complexity index is 431. The van der Waals surface area contributed by atoms with Crippen LogP contribution in [0.5, 0.6) is 0 Å². The number of aryl methyl sites for hydroxylation is 1. The number of carbonyl (C=O) groups is 1. The molecule has 98 valence electrons. The molecule has 0 aromatic carbocycles. The number of amides is 1. The Morgan fingerprint density at radius 1 is 1.33 bits per heavy atom. The summed E-state index contributed by atoms with van der Waals surface area (Å²) in [5.41, 5.74) is 0.922. The van der Waals surface area contributed by atoms with Crippen LogP contribution in [0.4, 0.5) is 0 Å². The number of nitrogens with zero attached hydrogens (tertiary/aromatic N) is 2. The highest BCUT2D eigenvalue weighted by Crippen LogP contribution is 2.15. The van der Waals surface area contributed by atoms with Gasteiger partial charge in [0.25, 0.3) is 5.91 Å². The Balaban J connectivity index is 1.59. The summed E-state index contributed by atoms with van der Waals surface area (Å²) in [6.45, 7) is 7.63. The van der Waals surface area contributed by atoms with Crippen LogP contribution in [-0.4, -0.2) is 61.0 Å². The molecule has 2 aliphatic rings. The fourth-order valence-electron chi connectivity index (χ4n) is 2.56. The predicted molar refractivity (Wildman–Crippen MR) is 67.6 cm³/mol. The van der Waals surface area contributed by atoms with Crippen molar-refractivity contribution >= 4 is 5.91 Å². The van der Waals surface area contributed by atoms with Crippen molar-refractivity contribution in [3.8, 4) is 0 Å². The van der Waals surface area contributed by atoms with E-state index in [9.17, 15) is 4.79 Å². The molecule has 0 atom stereocenters. The molecule has 2 aliphatic heterocycles. The smallest absolute Gasteiger partial charge is 0.289 e. The van der Waals surface area contributed by atoms with E-state index in [0.29, 0.717) is 11.8 Å². The first kappa shape index (κ1) is 11.7. The molecule has 1 N–H and O–H groups in total. The molecule has 0 spiro atoms. The number of nitrogens with one attached hydrogen (secondary N) is 1. The number of rotatable bonds is 2. The maximum absolute atomic E-state index is 12.2. The summed E-state index contributed by atoms with van der Waals surface area (Å²) in [5.74, 6) is 0.526. The Hall–Kier alpha value is -1.33. The van der Waals surface area contributed by atoms with Crippen molar-refractivity contribution in [1.82, 2.24) is 15.1 Å². The SMILES string of the molecule is Cc1ccoc1C(=O)N1CCN(C2CNC2)CC1. The van der Waals surface area contributed by atoms with Crippen LogP contribution in [0, 0.1) is 6.92 Å². The van der Waals surface area contributed by atoms with Crippen LogP contribution in [0.25, 0.3) is 0 Å². The fourth-order valence-corrected chi connectivity index (χ4v) is 2.56. The quantitative estimate of drug-likeness (QED) is 0.820. The van der Waals surface area contributed by atoms with Gasteiger partial charge in [-0.1, -0.05) is 0 Å². The largest absolute Gasteiger partial charge is 0.459 e. The average Bonchev–Trinajstić information content (AvgIpc) is 2.73. The number of piperazine rings is 1. The lowest BCUT2D eigenvalue weighted by atomic mass is 10.1. The predicted octanol–water partition coefficient (Wildman–Crippen LogP) is 0.318. The molecule has 3 rings (SSSR count). The molecule has 0 aliphatic carbocycles. The normalized spacial score (nSPS) is 21.9. The molecular weight excluding hydrogens is 230 g/mol. The van der Waals surface area contributed by atoms with Crippen LogP contribution in [0.2, 0.25) is 0 Å². The van der Waals surface area contributed by atoms with Gasteiger partial charge >= 0.3 is 0 Å². The summed E-state index contributed by atoms with van der Waals surface area (Å²) in [6, 6.07) is 2.51. The van der Waals surface area contributed by atoms with E-state index < -0.39 is 0 Å². The molecule has 0 radical (unpaired) electrons. The summed E-state index contributed by atoms with van der Waals surface area (Å²) < 4.78 is 5.27. The molecule has 0 unspecified atom stereocenters. The standard InChI is InChI=1S/C13H19N3O2/c1-10-2-7-18-12(10)13(17)16-5-3-15(4-6-16)11-8-14-9-11/h2,7,11,14H,3-6,8-9H2,1H3. The van der Waals surface area contributed by atoms with Crippen molar-refractivity contribution in [3.05, 3.63) is 23.7 Å². The lowest BCUT2D eigenvalue weighted by Crippen LogP contribution is -2.62. The zero-order valence-corrected chi connectivity index (χ0v) is 10.7. The highest BCUT2D eigenvalue weighted by molar-refractivity contribution is 5.92. The Kier molecular flexibility index (Phi) is 3.09. The van der Waals surface area contributed by atoms with Crippen LogP contribution < -0.4 is 5.32 Å². The highest BCUT2D eigenvalue weighted by atomic mass is 16.3. The van der Waals surface area contributed by atoms with E-state index in [1.54, 1.807) is 6.26 Å². The van der Waals surface area contributed by atoms with Gasteiger partial charge in [-0.05, 0) is 13.0 Å².